The van der Waals surface area contributed by atoms with Gasteiger partial charge in [0.05, 0.1) is 13.2 Å². The molecule has 0 bridgehead atoms. The van der Waals surface area contributed by atoms with Gasteiger partial charge >= 0.3 is 6.03 Å². The smallest absolute Gasteiger partial charge is 0.317 e. The number of nitrogens with zero attached hydrogens (tertiary/aromatic N) is 1. The molecule has 0 aromatic carbocycles. The molecule has 2 fully saturated rings. The van der Waals surface area contributed by atoms with Gasteiger partial charge in [-0.05, 0) is 19.3 Å². The minimum absolute atomic E-state index is 0.0505. The molecule has 2 saturated heterocycles. The van der Waals surface area contributed by atoms with Crippen LogP contribution in [0.15, 0.2) is 0 Å². The molecule has 0 aromatic rings. The van der Waals surface area contributed by atoms with Crippen LogP contribution in [-0.4, -0.2) is 50.1 Å². The van der Waals surface area contributed by atoms with E-state index >= 15 is 0 Å². The van der Waals surface area contributed by atoms with Gasteiger partial charge in [0.1, 0.15) is 0 Å². The van der Waals surface area contributed by atoms with Gasteiger partial charge < -0.3 is 19.7 Å². The van der Waals surface area contributed by atoms with Crippen molar-refractivity contribution in [3.05, 3.63) is 0 Å². The zero-order valence-corrected chi connectivity index (χ0v) is 10.5. The van der Waals surface area contributed by atoms with Crippen LogP contribution in [0.2, 0.25) is 0 Å². The van der Waals surface area contributed by atoms with Crippen LogP contribution in [0.1, 0.15) is 26.2 Å². The first kappa shape index (κ1) is 12.6. The zero-order valence-electron chi connectivity index (χ0n) is 10.5. The van der Waals surface area contributed by atoms with E-state index in [1.165, 1.54) is 0 Å². The van der Waals surface area contributed by atoms with Crippen molar-refractivity contribution in [2.75, 3.05) is 32.8 Å². The highest BCUT2D eigenvalue weighted by Crippen LogP contribution is 2.24. The number of carbonyl (C=O) groups excluding carboxylic acids is 1. The summed E-state index contributed by atoms with van der Waals surface area (Å²) >= 11 is 0. The molecule has 98 valence electrons. The maximum atomic E-state index is 11.9. The SMILES string of the molecule is CCCNC(=O)N1CCCC(C2OCCO2)C1. The van der Waals surface area contributed by atoms with Gasteiger partial charge in [0, 0.05) is 25.6 Å². The van der Waals surface area contributed by atoms with Gasteiger partial charge in [-0.3, -0.25) is 0 Å². The van der Waals surface area contributed by atoms with E-state index in [0.29, 0.717) is 19.1 Å². The Hall–Kier alpha value is -0.810. The second kappa shape index (κ2) is 6.21. The highest BCUT2D eigenvalue weighted by molar-refractivity contribution is 5.74. The Kier molecular flexibility index (Phi) is 4.62. The van der Waals surface area contributed by atoms with Crippen molar-refractivity contribution in [1.82, 2.24) is 10.2 Å². The minimum atomic E-state index is -0.100. The topological polar surface area (TPSA) is 50.8 Å². The average Bonchev–Trinajstić information content (AvgIpc) is 2.90. The highest BCUT2D eigenvalue weighted by Gasteiger charge is 2.32. The third kappa shape index (κ3) is 3.33. The standard InChI is InChI=1S/C12H22N2O3/c1-2-5-13-12(15)14-6-3-4-10(9-14)11-16-7-8-17-11/h10-11H,2-9H2,1H3,(H,13,15). The van der Waals surface area contributed by atoms with Gasteiger partial charge in [-0.2, -0.15) is 0 Å². The van der Waals surface area contributed by atoms with E-state index in [0.717, 1.165) is 38.9 Å². The van der Waals surface area contributed by atoms with Crippen LogP contribution in [-0.2, 0) is 9.47 Å². The Morgan fingerprint density at radius 2 is 2.18 bits per heavy atom. The first-order valence-corrected chi connectivity index (χ1v) is 6.57. The molecular weight excluding hydrogens is 220 g/mol. The minimum Gasteiger partial charge on any atom is -0.350 e. The van der Waals surface area contributed by atoms with Gasteiger partial charge in [-0.15, -0.1) is 0 Å². The lowest BCUT2D eigenvalue weighted by Crippen LogP contribution is -2.48. The Bertz CT molecular complexity index is 254. The third-order valence-corrected chi connectivity index (χ3v) is 3.30. The molecule has 0 spiro atoms. The highest BCUT2D eigenvalue weighted by atomic mass is 16.7. The number of urea groups is 1. The largest absolute Gasteiger partial charge is 0.350 e. The van der Waals surface area contributed by atoms with Gasteiger partial charge in [0.15, 0.2) is 6.29 Å². The summed E-state index contributed by atoms with van der Waals surface area (Å²) in [6, 6.07) is 0.0505. The first-order chi connectivity index (χ1) is 8.31. The number of likely N-dealkylation sites (tertiary alicyclic amines) is 1. The summed E-state index contributed by atoms with van der Waals surface area (Å²) in [5.41, 5.74) is 0. The molecule has 2 aliphatic rings. The number of hydrogen-bond donors (Lipinski definition) is 1. The van der Waals surface area contributed by atoms with Crippen molar-refractivity contribution >= 4 is 6.03 Å². The predicted molar refractivity (Wildman–Crippen MR) is 63.7 cm³/mol. The van der Waals surface area contributed by atoms with Crippen molar-refractivity contribution in [3.63, 3.8) is 0 Å². The lowest BCUT2D eigenvalue weighted by molar-refractivity contribution is -0.0963. The molecule has 0 aromatic heterocycles. The quantitative estimate of drug-likeness (QED) is 0.809. The van der Waals surface area contributed by atoms with Crippen LogP contribution in [0.3, 0.4) is 0 Å². The van der Waals surface area contributed by atoms with Gasteiger partial charge in [-0.25, -0.2) is 4.79 Å². The molecule has 2 heterocycles. The first-order valence-electron chi connectivity index (χ1n) is 6.57. The molecule has 1 atom stereocenters. The molecule has 5 nitrogen and oxygen atoms in total. The molecule has 2 amide bonds. The fourth-order valence-corrected chi connectivity index (χ4v) is 2.41. The van der Waals surface area contributed by atoms with E-state index < -0.39 is 0 Å². The monoisotopic (exact) mass is 242 g/mol. The summed E-state index contributed by atoms with van der Waals surface area (Å²) in [6.45, 7) is 5.77. The predicted octanol–water partition coefficient (Wildman–Crippen LogP) is 1.19. The maximum absolute atomic E-state index is 11.9. The molecule has 0 saturated carbocycles. The summed E-state index contributed by atoms with van der Waals surface area (Å²) in [5, 5.41) is 2.92. The molecule has 0 radical (unpaired) electrons. The number of rotatable bonds is 3. The van der Waals surface area contributed by atoms with E-state index in [4.69, 9.17) is 9.47 Å². The average molecular weight is 242 g/mol. The lowest BCUT2D eigenvalue weighted by Gasteiger charge is -2.34. The second-order valence-electron chi connectivity index (χ2n) is 4.69. The summed E-state index contributed by atoms with van der Waals surface area (Å²) in [4.78, 5) is 13.7. The lowest BCUT2D eigenvalue weighted by atomic mass is 9.98. The van der Waals surface area contributed by atoms with Crippen molar-refractivity contribution in [3.8, 4) is 0 Å². The molecule has 5 heteroatoms. The number of carbonyl (C=O) groups is 1. The maximum Gasteiger partial charge on any atom is 0.317 e. The van der Waals surface area contributed by atoms with Crippen LogP contribution in [0, 0.1) is 5.92 Å². The molecule has 17 heavy (non-hydrogen) atoms. The Morgan fingerprint density at radius 3 is 2.88 bits per heavy atom. The fraction of sp³-hybridized carbons (Fsp3) is 0.917. The Morgan fingerprint density at radius 1 is 1.41 bits per heavy atom. The second-order valence-corrected chi connectivity index (χ2v) is 4.69. The van der Waals surface area contributed by atoms with Gasteiger partial charge in [0.2, 0.25) is 0 Å². The van der Waals surface area contributed by atoms with E-state index in [2.05, 4.69) is 12.2 Å². The van der Waals surface area contributed by atoms with Crippen molar-refractivity contribution in [2.45, 2.75) is 32.5 Å². The molecule has 1 N–H and O–H groups in total. The van der Waals surface area contributed by atoms with Crippen molar-refractivity contribution in [1.29, 1.82) is 0 Å². The van der Waals surface area contributed by atoms with Gasteiger partial charge in [-0.1, -0.05) is 6.92 Å². The summed E-state index contributed by atoms with van der Waals surface area (Å²) < 4.78 is 11.0. The van der Waals surface area contributed by atoms with Crippen LogP contribution >= 0.6 is 0 Å². The number of piperidine rings is 1. The van der Waals surface area contributed by atoms with Crippen molar-refractivity contribution < 1.29 is 14.3 Å². The molecular formula is C12H22N2O3. The van der Waals surface area contributed by atoms with Crippen molar-refractivity contribution in [2.24, 2.45) is 5.92 Å². The molecule has 1 unspecified atom stereocenters. The van der Waals surface area contributed by atoms with Gasteiger partial charge in [0.25, 0.3) is 0 Å². The molecule has 2 aliphatic heterocycles. The summed E-state index contributed by atoms with van der Waals surface area (Å²) in [7, 11) is 0. The number of nitrogens with one attached hydrogen (secondary N) is 1. The van der Waals surface area contributed by atoms with Crippen LogP contribution in [0.4, 0.5) is 4.79 Å². The van der Waals surface area contributed by atoms with E-state index in [-0.39, 0.29) is 12.3 Å². The molecule has 2 rings (SSSR count). The summed E-state index contributed by atoms with van der Waals surface area (Å²) in [6.07, 6.45) is 2.99. The van der Waals surface area contributed by atoms with Crippen LogP contribution < -0.4 is 5.32 Å². The van der Waals surface area contributed by atoms with E-state index in [1.807, 2.05) is 4.90 Å². The van der Waals surface area contributed by atoms with Crippen LogP contribution in [0.5, 0.6) is 0 Å². The number of amides is 2. The number of hydrogen-bond acceptors (Lipinski definition) is 3. The van der Waals surface area contributed by atoms with E-state index in [9.17, 15) is 4.79 Å². The number of ether oxygens (including phenoxy) is 2. The fourth-order valence-electron chi connectivity index (χ4n) is 2.41. The van der Waals surface area contributed by atoms with E-state index in [1.54, 1.807) is 0 Å². The Labute approximate surface area is 102 Å². The van der Waals surface area contributed by atoms with Crippen LogP contribution in [0.25, 0.3) is 0 Å². The normalized spacial score (nSPS) is 26.2. The zero-order chi connectivity index (χ0) is 12.1. The summed E-state index contributed by atoms with van der Waals surface area (Å²) in [5.74, 6) is 0.332. The molecule has 0 aliphatic carbocycles. The third-order valence-electron chi connectivity index (χ3n) is 3.30. The Balaban J connectivity index is 1.81.